The van der Waals surface area contributed by atoms with E-state index in [0.717, 1.165) is 74.0 Å². The van der Waals surface area contributed by atoms with Gasteiger partial charge in [0, 0.05) is 12.8 Å². The lowest BCUT2D eigenvalue weighted by Gasteiger charge is -2.58. The van der Waals surface area contributed by atoms with Crippen molar-refractivity contribution >= 4 is 11.6 Å². The van der Waals surface area contributed by atoms with Gasteiger partial charge in [-0.25, -0.2) is 0 Å². The van der Waals surface area contributed by atoms with E-state index in [0.29, 0.717) is 30.6 Å². The van der Waals surface area contributed by atoms with E-state index in [1.807, 2.05) is 12.2 Å². The fourth-order valence-corrected chi connectivity index (χ4v) is 13.8. The maximum absolute atomic E-state index is 12.2. The molecule has 8 aliphatic rings. The molecule has 4 heteroatoms. The Morgan fingerprint density at radius 3 is 1.44 bits per heavy atom. The second-order valence-corrected chi connectivity index (χ2v) is 17.6. The Labute approximate surface area is 260 Å². The highest BCUT2D eigenvalue weighted by Crippen LogP contribution is 2.67. The minimum atomic E-state index is 0.246. The number of allylic oxidation sites excluding steroid dienone is 2. The molecule has 0 saturated heterocycles. The van der Waals surface area contributed by atoms with Crippen molar-refractivity contribution < 1.29 is 19.1 Å². The van der Waals surface area contributed by atoms with E-state index in [2.05, 4.69) is 27.7 Å². The van der Waals surface area contributed by atoms with Crippen LogP contribution in [-0.2, 0) is 19.1 Å². The summed E-state index contributed by atoms with van der Waals surface area (Å²) < 4.78 is 13.5. The minimum absolute atomic E-state index is 0.246. The first-order chi connectivity index (χ1) is 20.6. The number of hydrogen-bond acceptors (Lipinski definition) is 4. The van der Waals surface area contributed by atoms with Gasteiger partial charge < -0.3 is 9.47 Å². The first kappa shape index (κ1) is 29.2. The van der Waals surface area contributed by atoms with Crippen molar-refractivity contribution in [3.63, 3.8) is 0 Å². The van der Waals surface area contributed by atoms with Crippen molar-refractivity contribution in [1.82, 2.24) is 0 Å². The number of hydrogen-bond donors (Lipinski definition) is 0. The van der Waals surface area contributed by atoms with Crippen molar-refractivity contribution in [3.05, 3.63) is 23.3 Å². The summed E-state index contributed by atoms with van der Waals surface area (Å²) in [5, 5.41) is 0. The SMILES string of the molecule is C[C@@]12CC[C@@H]3[C@H](CCC4=CC(=O)CC[C@]43C)[C@H]1CC[C@H]2OCO[C@H]1CC[C@H]2[C@@H]3CCC4=CC(=O)CC[C@]4(C)[C@H]3CC[C@]12C. The van der Waals surface area contributed by atoms with E-state index < -0.39 is 0 Å². The molecule has 6 fully saturated rings. The first-order valence-corrected chi connectivity index (χ1v) is 18.3. The normalized spacial score (nSPS) is 52.2. The number of fused-ring (bicyclic) bond motifs is 10. The van der Waals surface area contributed by atoms with Crippen molar-refractivity contribution in [1.29, 1.82) is 0 Å². The lowest BCUT2D eigenvalue weighted by Crippen LogP contribution is -2.52. The van der Waals surface area contributed by atoms with Gasteiger partial charge in [0.25, 0.3) is 0 Å². The molecule has 0 spiro atoms. The molecule has 43 heavy (non-hydrogen) atoms. The van der Waals surface area contributed by atoms with Gasteiger partial charge in [0.1, 0.15) is 6.79 Å². The zero-order valence-corrected chi connectivity index (χ0v) is 27.4. The highest BCUT2D eigenvalue weighted by atomic mass is 16.7. The minimum Gasteiger partial charge on any atom is -0.352 e. The van der Waals surface area contributed by atoms with Crippen LogP contribution in [0.15, 0.2) is 23.3 Å². The van der Waals surface area contributed by atoms with Gasteiger partial charge in [-0.1, -0.05) is 38.8 Å². The lowest BCUT2D eigenvalue weighted by atomic mass is 9.47. The van der Waals surface area contributed by atoms with Gasteiger partial charge in [0.2, 0.25) is 0 Å². The molecular formula is C39H56O4. The Hall–Kier alpha value is -1.26. The Balaban J connectivity index is 0.906. The maximum atomic E-state index is 12.2. The molecule has 4 nitrogen and oxygen atoms in total. The van der Waals surface area contributed by atoms with Crippen LogP contribution in [0.5, 0.6) is 0 Å². The monoisotopic (exact) mass is 588 g/mol. The second-order valence-electron chi connectivity index (χ2n) is 17.6. The fourth-order valence-electron chi connectivity index (χ4n) is 13.8. The van der Waals surface area contributed by atoms with E-state index in [1.165, 1.54) is 75.4 Å². The number of ketones is 2. The molecule has 0 bridgehead atoms. The van der Waals surface area contributed by atoms with Crippen molar-refractivity contribution in [2.24, 2.45) is 57.2 Å². The third kappa shape index (κ3) is 4.19. The number of carbonyl (C=O) groups is 2. The fraction of sp³-hybridized carbons (Fsp3) is 0.846. The van der Waals surface area contributed by atoms with Crippen molar-refractivity contribution in [3.8, 4) is 0 Å². The zero-order chi connectivity index (χ0) is 29.8. The standard InChI is InChI=1S/C39H56O4/c1-36-17-13-26(40)21-24(36)5-7-28-30-9-11-34(38(30,3)19-15-32(28)36)42-23-43-35-12-10-31-29-8-6-25-22-27(41)14-18-37(25,2)33(29)16-20-39(31,35)4/h21-22,28-35H,5-20,23H2,1-4H3/t28-,29+,30-,31+,32-,33+,34-,35+,36-,37+,38-,39+. The molecule has 0 N–H and O–H groups in total. The molecule has 0 heterocycles. The predicted molar refractivity (Wildman–Crippen MR) is 168 cm³/mol. The van der Waals surface area contributed by atoms with Gasteiger partial charge in [-0.3, -0.25) is 9.59 Å². The molecule has 0 unspecified atom stereocenters. The molecule has 0 aliphatic heterocycles. The van der Waals surface area contributed by atoms with Crippen LogP contribution in [0.1, 0.15) is 130 Å². The van der Waals surface area contributed by atoms with E-state index in [-0.39, 0.29) is 21.7 Å². The summed E-state index contributed by atoms with van der Waals surface area (Å²) in [5.74, 6) is 5.25. The van der Waals surface area contributed by atoms with Crippen LogP contribution in [0.3, 0.4) is 0 Å². The third-order valence-corrected chi connectivity index (χ3v) is 16.3. The molecular weight excluding hydrogens is 532 g/mol. The molecule has 8 rings (SSSR count). The zero-order valence-electron chi connectivity index (χ0n) is 27.4. The van der Waals surface area contributed by atoms with E-state index >= 15 is 0 Å². The van der Waals surface area contributed by atoms with Crippen LogP contribution >= 0.6 is 0 Å². The summed E-state index contributed by atoms with van der Waals surface area (Å²) in [5.41, 5.74) is 3.95. The summed E-state index contributed by atoms with van der Waals surface area (Å²) in [4.78, 5) is 24.4. The summed E-state index contributed by atoms with van der Waals surface area (Å²) in [6.45, 7) is 10.5. The Morgan fingerprint density at radius 2 is 1.00 bits per heavy atom. The quantitative estimate of drug-likeness (QED) is 0.308. The molecule has 0 radical (unpaired) electrons. The highest BCUT2D eigenvalue weighted by molar-refractivity contribution is 5.92. The van der Waals surface area contributed by atoms with Gasteiger partial charge in [-0.15, -0.1) is 0 Å². The number of rotatable bonds is 4. The van der Waals surface area contributed by atoms with Crippen LogP contribution in [-0.4, -0.2) is 30.6 Å². The van der Waals surface area contributed by atoms with Crippen molar-refractivity contribution in [2.45, 2.75) is 143 Å². The maximum Gasteiger partial charge on any atom is 0.155 e. The third-order valence-electron chi connectivity index (χ3n) is 16.3. The summed E-state index contributed by atoms with van der Waals surface area (Å²) in [6, 6.07) is 0. The Kier molecular flexibility index (Phi) is 6.86. The number of carbonyl (C=O) groups excluding carboxylic acids is 2. The van der Waals surface area contributed by atoms with Gasteiger partial charge in [-0.05, 0) is 159 Å². The topological polar surface area (TPSA) is 52.6 Å². The Morgan fingerprint density at radius 1 is 0.558 bits per heavy atom. The van der Waals surface area contributed by atoms with Crippen molar-refractivity contribution in [2.75, 3.05) is 6.79 Å². The summed E-state index contributed by atoms with van der Waals surface area (Å²) >= 11 is 0. The van der Waals surface area contributed by atoms with Crippen LogP contribution in [0, 0.1) is 57.2 Å². The van der Waals surface area contributed by atoms with Crippen LogP contribution in [0.2, 0.25) is 0 Å². The molecule has 8 aliphatic carbocycles. The predicted octanol–water partition coefficient (Wildman–Crippen LogP) is 8.78. The molecule has 0 aromatic rings. The molecule has 12 atom stereocenters. The summed E-state index contributed by atoms with van der Waals surface area (Å²) in [6.07, 6.45) is 23.1. The molecule has 0 aromatic heterocycles. The number of ether oxygens (including phenoxy) is 2. The highest BCUT2D eigenvalue weighted by Gasteiger charge is 2.61. The van der Waals surface area contributed by atoms with Crippen LogP contribution in [0.25, 0.3) is 0 Å². The van der Waals surface area contributed by atoms with Crippen LogP contribution in [0.4, 0.5) is 0 Å². The largest absolute Gasteiger partial charge is 0.352 e. The summed E-state index contributed by atoms with van der Waals surface area (Å²) in [7, 11) is 0. The van der Waals surface area contributed by atoms with Gasteiger partial charge in [-0.2, -0.15) is 0 Å². The second kappa shape index (κ2) is 10.1. The smallest absolute Gasteiger partial charge is 0.155 e. The average Bonchev–Trinajstić information content (AvgIpc) is 3.50. The Bertz CT molecular complexity index is 1150. The molecule has 0 amide bonds. The molecule has 6 saturated carbocycles. The van der Waals surface area contributed by atoms with E-state index in [1.54, 1.807) is 0 Å². The van der Waals surface area contributed by atoms with Gasteiger partial charge in [0.05, 0.1) is 12.2 Å². The lowest BCUT2D eigenvalue weighted by molar-refractivity contribution is -0.184. The molecule has 236 valence electrons. The molecule has 0 aromatic carbocycles. The van der Waals surface area contributed by atoms with E-state index in [9.17, 15) is 9.59 Å². The van der Waals surface area contributed by atoms with E-state index in [4.69, 9.17) is 9.47 Å². The van der Waals surface area contributed by atoms with Gasteiger partial charge in [0.15, 0.2) is 11.6 Å². The van der Waals surface area contributed by atoms with Crippen LogP contribution < -0.4 is 0 Å². The van der Waals surface area contributed by atoms with Gasteiger partial charge >= 0.3 is 0 Å². The first-order valence-electron chi connectivity index (χ1n) is 18.3. The average molecular weight is 589 g/mol.